The van der Waals surface area contributed by atoms with E-state index in [2.05, 4.69) is 15.1 Å². The van der Waals surface area contributed by atoms with Crippen LogP contribution in [0.4, 0.5) is 8.78 Å². The Hall–Kier alpha value is -3.48. The molecule has 0 fully saturated rings. The first-order valence-corrected chi connectivity index (χ1v) is 9.88. The van der Waals surface area contributed by atoms with Gasteiger partial charge in [-0.1, -0.05) is 23.4 Å². The second-order valence-corrected chi connectivity index (χ2v) is 8.19. The number of nitrogens with zero attached hydrogens (tertiary/aromatic N) is 3. The van der Waals surface area contributed by atoms with E-state index in [1.54, 1.807) is 6.20 Å². The number of carbonyl (C=O) groups excluding carboxylic acids is 1. The normalized spacial score (nSPS) is 14.8. The van der Waals surface area contributed by atoms with Crippen LogP contribution in [-0.2, 0) is 11.3 Å². The zero-order valence-corrected chi connectivity index (χ0v) is 17.4. The minimum Gasteiger partial charge on any atom is -0.389 e. The highest BCUT2D eigenvalue weighted by Gasteiger charge is 2.29. The topological polar surface area (TPSA) is 64.4 Å². The molecule has 0 aliphatic carbocycles. The molecule has 3 aromatic rings. The molecular weight excluding hydrogens is 400 g/mol. The van der Waals surface area contributed by atoms with Gasteiger partial charge in [0.05, 0.1) is 35.3 Å². The lowest BCUT2D eigenvalue weighted by Crippen LogP contribution is -2.19. The van der Waals surface area contributed by atoms with Crippen molar-refractivity contribution in [1.82, 2.24) is 9.97 Å². The molecule has 158 valence electrons. The third-order valence-corrected chi connectivity index (χ3v) is 5.13. The number of carbonyl (C=O) groups is 1. The van der Waals surface area contributed by atoms with Gasteiger partial charge in [-0.3, -0.25) is 14.8 Å². The molecule has 5 nitrogen and oxygen atoms in total. The van der Waals surface area contributed by atoms with Crippen LogP contribution in [0.25, 0.3) is 11.3 Å². The molecule has 0 bridgehead atoms. The molecule has 0 N–H and O–H groups in total. The number of hydrogen-bond donors (Lipinski definition) is 0. The molecule has 4 rings (SSSR count). The van der Waals surface area contributed by atoms with Gasteiger partial charge in [0, 0.05) is 23.7 Å². The number of hydrogen-bond acceptors (Lipinski definition) is 5. The summed E-state index contributed by atoms with van der Waals surface area (Å²) in [5, 5.41) is 4.19. The van der Waals surface area contributed by atoms with Crippen LogP contribution in [0.5, 0.6) is 0 Å². The largest absolute Gasteiger partial charge is 0.389 e. The quantitative estimate of drug-likeness (QED) is 0.540. The minimum atomic E-state index is -0.885. The SMILES string of the molecule is Cc1ccc(C2=NOC(C)(C)C2)cc1-c1cnc(CC(=O)c2c(F)cccc2F)cn1. The van der Waals surface area contributed by atoms with Crippen molar-refractivity contribution < 1.29 is 18.4 Å². The summed E-state index contributed by atoms with van der Waals surface area (Å²) in [6.45, 7) is 5.94. The van der Waals surface area contributed by atoms with Gasteiger partial charge in [0.25, 0.3) is 0 Å². The van der Waals surface area contributed by atoms with Gasteiger partial charge in [-0.15, -0.1) is 0 Å². The molecule has 0 radical (unpaired) electrons. The molecule has 0 atom stereocenters. The van der Waals surface area contributed by atoms with E-state index in [1.165, 1.54) is 12.3 Å². The number of benzene rings is 2. The van der Waals surface area contributed by atoms with E-state index in [4.69, 9.17) is 4.84 Å². The highest BCUT2D eigenvalue weighted by molar-refractivity contribution is 6.02. The molecule has 2 heterocycles. The fourth-order valence-electron chi connectivity index (χ4n) is 3.48. The fourth-order valence-corrected chi connectivity index (χ4v) is 3.48. The summed E-state index contributed by atoms with van der Waals surface area (Å²) in [6.07, 6.45) is 3.48. The van der Waals surface area contributed by atoms with Crippen molar-refractivity contribution in [3.8, 4) is 11.3 Å². The molecule has 1 aromatic heterocycles. The van der Waals surface area contributed by atoms with Gasteiger partial charge >= 0.3 is 0 Å². The smallest absolute Gasteiger partial charge is 0.174 e. The van der Waals surface area contributed by atoms with Crippen molar-refractivity contribution in [1.29, 1.82) is 0 Å². The molecule has 2 aromatic carbocycles. The molecule has 0 unspecified atom stereocenters. The first-order chi connectivity index (χ1) is 14.7. The van der Waals surface area contributed by atoms with Crippen LogP contribution in [0.15, 0.2) is 53.9 Å². The molecule has 1 aliphatic rings. The van der Waals surface area contributed by atoms with Crippen LogP contribution in [0.1, 0.15) is 47.4 Å². The number of oxime groups is 1. The minimum absolute atomic E-state index is 0.243. The maximum absolute atomic E-state index is 13.8. The summed E-state index contributed by atoms with van der Waals surface area (Å²) in [7, 11) is 0. The predicted molar refractivity (Wildman–Crippen MR) is 113 cm³/mol. The van der Waals surface area contributed by atoms with Gasteiger partial charge in [-0.2, -0.15) is 0 Å². The third kappa shape index (κ3) is 4.35. The van der Waals surface area contributed by atoms with E-state index < -0.39 is 23.0 Å². The maximum atomic E-state index is 13.8. The van der Waals surface area contributed by atoms with E-state index in [0.29, 0.717) is 17.8 Å². The van der Waals surface area contributed by atoms with Crippen LogP contribution in [-0.4, -0.2) is 27.1 Å². The molecule has 0 spiro atoms. The van der Waals surface area contributed by atoms with Gasteiger partial charge in [0.15, 0.2) is 5.78 Å². The summed E-state index contributed by atoms with van der Waals surface area (Å²) < 4.78 is 27.7. The zero-order valence-electron chi connectivity index (χ0n) is 17.4. The lowest BCUT2D eigenvalue weighted by molar-refractivity contribution is 0.0123. The summed E-state index contributed by atoms with van der Waals surface area (Å²) in [6, 6.07) is 9.30. The second-order valence-electron chi connectivity index (χ2n) is 8.19. The molecule has 0 saturated carbocycles. The van der Waals surface area contributed by atoms with Gasteiger partial charge in [0.1, 0.15) is 17.2 Å². The summed E-state index contributed by atoms with van der Waals surface area (Å²) >= 11 is 0. The molecule has 31 heavy (non-hydrogen) atoms. The van der Waals surface area contributed by atoms with Crippen molar-refractivity contribution >= 4 is 11.5 Å². The number of aryl methyl sites for hydroxylation is 1. The zero-order chi connectivity index (χ0) is 22.2. The first-order valence-electron chi connectivity index (χ1n) is 9.88. The fraction of sp³-hybridized carbons (Fsp3) is 0.250. The van der Waals surface area contributed by atoms with Crippen LogP contribution < -0.4 is 0 Å². The van der Waals surface area contributed by atoms with Gasteiger partial charge < -0.3 is 4.84 Å². The van der Waals surface area contributed by atoms with Crippen molar-refractivity contribution in [3.63, 3.8) is 0 Å². The van der Waals surface area contributed by atoms with Crippen molar-refractivity contribution in [2.75, 3.05) is 0 Å². The molecule has 7 heteroatoms. The van der Waals surface area contributed by atoms with Crippen molar-refractivity contribution in [3.05, 3.63) is 82.8 Å². The second kappa shape index (κ2) is 7.98. The Bertz CT molecular complexity index is 1170. The number of halogens is 2. The van der Waals surface area contributed by atoms with Crippen LogP contribution in [0.3, 0.4) is 0 Å². The first kappa shape index (κ1) is 20.8. The molecular formula is C24H21F2N3O2. The number of rotatable bonds is 5. The van der Waals surface area contributed by atoms with Crippen LogP contribution in [0, 0.1) is 18.6 Å². The molecule has 0 amide bonds. The predicted octanol–water partition coefficient (Wildman–Crippen LogP) is 5.06. The summed E-state index contributed by atoms with van der Waals surface area (Å²) in [4.78, 5) is 26.5. The van der Waals surface area contributed by atoms with Crippen molar-refractivity contribution in [2.24, 2.45) is 5.16 Å². The Morgan fingerprint density at radius 2 is 1.84 bits per heavy atom. The Balaban J connectivity index is 1.56. The maximum Gasteiger partial charge on any atom is 0.174 e. The van der Waals surface area contributed by atoms with E-state index in [9.17, 15) is 13.6 Å². The number of aromatic nitrogens is 2. The highest BCUT2D eigenvalue weighted by atomic mass is 19.1. The Labute approximate surface area is 178 Å². The summed E-state index contributed by atoms with van der Waals surface area (Å²) in [5.74, 6) is -2.45. The van der Waals surface area contributed by atoms with E-state index in [1.807, 2.05) is 39.0 Å². The van der Waals surface area contributed by atoms with Crippen molar-refractivity contribution in [2.45, 2.75) is 39.2 Å². The number of Topliss-reactive ketones (excluding diaryl/α,β-unsaturated/α-hetero) is 1. The van der Waals surface area contributed by atoms with Gasteiger partial charge in [0.2, 0.25) is 0 Å². The summed E-state index contributed by atoms with van der Waals surface area (Å²) in [5.41, 5.74) is 3.79. The Morgan fingerprint density at radius 3 is 2.45 bits per heavy atom. The molecule has 1 aliphatic heterocycles. The lowest BCUT2D eigenvalue weighted by Gasteiger charge is -2.13. The monoisotopic (exact) mass is 421 g/mol. The van der Waals surface area contributed by atoms with E-state index >= 15 is 0 Å². The van der Waals surface area contributed by atoms with Gasteiger partial charge in [-0.25, -0.2) is 8.78 Å². The highest BCUT2D eigenvalue weighted by Crippen LogP contribution is 2.29. The average Bonchev–Trinajstić information content (AvgIpc) is 3.09. The van der Waals surface area contributed by atoms with E-state index in [0.717, 1.165) is 34.5 Å². The van der Waals surface area contributed by atoms with E-state index in [-0.39, 0.29) is 12.0 Å². The average molecular weight is 421 g/mol. The lowest BCUT2D eigenvalue weighted by atomic mass is 9.94. The third-order valence-electron chi connectivity index (χ3n) is 5.13. The van der Waals surface area contributed by atoms with Gasteiger partial charge in [-0.05, 0) is 44.5 Å². The Morgan fingerprint density at radius 1 is 1.10 bits per heavy atom. The van der Waals surface area contributed by atoms with Crippen LogP contribution in [0.2, 0.25) is 0 Å². The standard InChI is InChI=1S/C24H21F2N3O2/c1-14-7-8-15(20-11-24(2,3)31-29-20)9-17(14)21-13-27-16(12-28-21)10-22(30)23-18(25)5-4-6-19(23)26/h4-9,12-13H,10-11H2,1-3H3. The Kier molecular flexibility index (Phi) is 5.35. The number of ketones is 1. The van der Waals surface area contributed by atoms with Crippen LogP contribution >= 0.6 is 0 Å². The molecule has 0 saturated heterocycles.